The fourth-order valence-corrected chi connectivity index (χ4v) is 4.22. The van der Waals surface area contributed by atoms with Crippen LogP contribution in [0.4, 0.5) is 5.00 Å². The van der Waals surface area contributed by atoms with E-state index in [4.69, 9.17) is 4.99 Å². The number of halogens is 1. The average molecular weight is 516 g/mol. The van der Waals surface area contributed by atoms with E-state index in [1.165, 1.54) is 5.00 Å². The first-order valence-electron chi connectivity index (χ1n) is 10.1. The molecule has 3 heterocycles. The van der Waals surface area contributed by atoms with Gasteiger partial charge in [-0.15, -0.1) is 35.3 Å². The maximum absolute atomic E-state index is 4.78. The Hall–Kier alpha value is -1.29. The fraction of sp³-hybridized carbons (Fsp3) is 0.600. The number of aliphatic imine (C=N–C) groups is 1. The molecule has 0 atom stereocenters. The number of anilines is 1. The molecule has 2 N–H and O–H groups in total. The maximum Gasteiger partial charge on any atom is 0.191 e. The van der Waals surface area contributed by atoms with Crippen LogP contribution < -0.4 is 15.5 Å². The lowest BCUT2D eigenvalue weighted by atomic mass is 10.1. The molecule has 1 saturated heterocycles. The maximum atomic E-state index is 4.78. The second-order valence-electron chi connectivity index (χ2n) is 6.99. The Morgan fingerprint density at radius 3 is 2.79 bits per heavy atom. The summed E-state index contributed by atoms with van der Waals surface area (Å²) in [6.45, 7) is 9.18. The SMILES string of the molecule is CCNC(=NCCCCn1ccnc1C)NC1CCN(c2cccs2)CC1.I. The first-order chi connectivity index (χ1) is 13.3. The topological polar surface area (TPSA) is 57.5 Å². The number of nitrogens with one attached hydrogen (secondary N) is 2. The van der Waals surface area contributed by atoms with Crippen molar-refractivity contribution in [3.63, 3.8) is 0 Å². The van der Waals surface area contributed by atoms with E-state index in [0.717, 1.165) is 70.2 Å². The number of aryl methyl sites for hydroxylation is 2. The highest BCUT2D eigenvalue weighted by Crippen LogP contribution is 2.24. The molecule has 0 amide bonds. The molecule has 0 spiro atoms. The third kappa shape index (κ3) is 6.95. The van der Waals surface area contributed by atoms with Crippen molar-refractivity contribution >= 4 is 46.3 Å². The van der Waals surface area contributed by atoms with Gasteiger partial charge in [0.25, 0.3) is 0 Å². The minimum atomic E-state index is 0. The van der Waals surface area contributed by atoms with Gasteiger partial charge in [0.15, 0.2) is 5.96 Å². The number of guanidine groups is 1. The second-order valence-corrected chi connectivity index (χ2v) is 7.92. The van der Waals surface area contributed by atoms with Crippen molar-refractivity contribution in [3.05, 3.63) is 35.7 Å². The van der Waals surface area contributed by atoms with Crippen molar-refractivity contribution in [1.82, 2.24) is 20.2 Å². The molecule has 8 heteroatoms. The monoisotopic (exact) mass is 516 g/mol. The largest absolute Gasteiger partial charge is 0.363 e. The molecule has 0 radical (unpaired) electrons. The summed E-state index contributed by atoms with van der Waals surface area (Å²) in [6, 6.07) is 4.86. The van der Waals surface area contributed by atoms with Crippen molar-refractivity contribution in [1.29, 1.82) is 0 Å². The van der Waals surface area contributed by atoms with Crippen molar-refractivity contribution in [2.75, 3.05) is 31.1 Å². The number of hydrogen-bond donors (Lipinski definition) is 2. The third-order valence-corrected chi connectivity index (χ3v) is 5.93. The van der Waals surface area contributed by atoms with E-state index in [9.17, 15) is 0 Å². The summed E-state index contributed by atoms with van der Waals surface area (Å²) < 4.78 is 2.20. The molecule has 1 aliphatic rings. The standard InChI is InChI=1S/C20H32N6S.HI/c1-3-21-20(23-10-4-5-12-25-15-11-22-17(25)2)24-18-8-13-26(14-9-18)19-7-6-16-27-19;/h6-7,11,15-16,18H,3-5,8-10,12-14H2,1-2H3,(H2,21,23,24);1H. The molecule has 28 heavy (non-hydrogen) atoms. The first kappa shape index (κ1) is 23.0. The van der Waals surface area contributed by atoms with Crippen LogP contribution in [-0.2, 0) is 6.54 Å². The number of rotatable bonds is 8. The van der Waals surface area contributed by atoms with Crippen molar-refractivity contribution < 1.29 is 0 Å². The van der Waals surface area contributed by atoms with Crippen LogP contribution >= 0.6 is 35.3 Å². The van der Waals surface area contributed by atoms with Gasteiger partial charge in [-0.2, -0.15) is 0 Å². The van der Waals surface area contributed by atoms with Crippen molar-refractivity contribution in [2.45, 2.75) is 52.1 Å². The van der Waals surface area contributed by atoms with Crippen LogP contribution in [0, 0.1) is 6.92 Å². The Kier molecular flexibility index (Phi) is 10.1. The Morgan fingerprint density at radius 1 is 1.32 bits per heavy atom. The highest BCUT2D eigenvalue weighted by Gasteiger charge is 2.20. The smallest absolute Gasteiger partial charge is 0.191 e. The summed E-state index contributed by atoms with van der Waals surface area (Å²) in [5, 5.41) is 10.6. The Morgan fingerprint density at radius 2 is 2.14 bits per heavy atom. The van der Waals surface area contributed by atoms with Gasteiger partial charge < -0.3 is 20.1 Å². The van der Waals surface area contributed by atoms with Crippen molar-refractivity contribution in [2.24, 2.45) is 4.99 Å². The van der Waals surface area contributed by atoms with Gasteiger partial charge >= 0.3 is 0 Å². The number of unbranched alkanes of at least 4 members (excludes halogenated alkanes) is 1. The minimum Gasteiger partial charge on any atom is -0.363 e. The Balaban J connectivity index is 0.00000280. The minimum absolute atomic E-state index is 0. The van der Waals surface area contributed by atoms with Gasteiger partial charge in [-0.25, -0.2) is 4.98 Å². The highest BCUT2D eigenvalue weighted by molar-refractivity contribution is 14.0. The average Bonchev–Trinajstić information content (AvgIpc) is 3.34. The zero-order valence-corrected chi connectivity index (χ0v) is 20.1. The van der Waals surface area contributed by atoms with E-state index >= 15 is 0 Å². The van der Waals surface area contributed by atoms with Crippen molar-refractivity contribution in [3.8, 4) is 0 Å². The molecule has 3 rings (SSSR count). The normalized spacial score (nSPS) is 15.4. The lowest BCUT2D eigenvalue weighted by Gasteiger charge is -2.33. The summed E-state index contributed by atoms with van der Waals surface area (Å²) in [6.07, 6.45) is 8.44. The van der Waals surface area contributed by atoms with Crippen LogP contribution in [0.3, 0.4) is 0 Å². The molecule has 1 fully saturated rings. The van der Waals surface area contributed by atoms with Crippen LogP contribution in [0.2, 0.25) is 0 Å². The lowest BCUT2D eigenvalue weighted by molar-refractivity contribution is 0.462. The summed E-state index contributed by atoms with van der Waals surface area (Å²) >= 11 is 1.83. The molecular weight excluding hydrogens is 483 g/mol. The molecule has 0 saturated carbocycles. The molecule has 2 aromatic rings. The van der Waals surface area contributed by atoms with Crippen LogP contribution in [-0.4, -0.2) is 47.7 Å². The van der Waals surface area contributed by atoms with Gasteiger partial charge in [-0.1, -0.05) is 0 Å². The summed E-state index contributed by atoms with van der Waals surface area (Å²) in [4.78, 5) is 11.5. The zero-order chi connectivity index (χ0) is 18.9. The predicted molar refractivity (Wildman–Crippen MR) is 130 cm³/mol. The number of thiophene rings is 1. The van der Waals surface area contributed by atoms with E-state index in [0.29, 0.717) is 6.04 Å². The Bertz CT molecular complexity index is 691. The molecule has 0 unspecified atom stereocenters. The van der Waals surface area contributed by atoms with E-state index in [2.05, 4.69) is 56.4 Å². The first-order valence-corrected chi connectivity index (χ1v) is 10.9. The van der Waals surface area contributed by atoms with E-state index < -0.39 is 0 Å². The summed E-state index contributed by atoms with van der Waals surface area (Å²) in [7, 11) is 0. The van der Waals surface area contributed by atoms with Gasteiger partial charge in [0, 0.05) is 51.2 Å². The number of hydrogen-bond acceptors (Lipinski definition) is 4. The van der Waals surface area contributed by atoms with Gasteiger partial charge in [0.1, 0.15) is 5.82 Å². The molecule has 0 aliphatic carbocycles. The molecular formula is C20H33IN6S. The predicted octanol–water partition coefficient (Wildman–Crippen LogP) is 3.88. The third-order valence-electron chi connectivity index (χ3n) is 5.00. The van der Waals surface area contributed by atoms with E-state index in [1.54, 1.807) is 0 Å². The molecule has 0 aromatic carbocycles. The highest BCUT2D eigenvalue weighted by atomic mass is 127. The lowest BCUT2D eigenvalue weighted by Crippen LogP contribution is -2.48. The number of piperidine rings is 1. The van der Waals surface area contributed by atoms with Gasteiger partial charge in [-0.05, 0) is 57.0 Å². The molecule has 0 bridgehead atoms. The van der Waals surface area contributed by atoms with Crippen LogP contribution in [0.15, 0.2) is 34.9 Å². The van der Waals surface area contributed by atoms with Gasteiger partial charge in [-0.3, -0.25) is 4.99 Å². The number of nitrogens with zero attached hydrogens (tertiary/aromatic N) is 4. The van der Waals surface area contributed by atoms with Gasteiger partial charge in [0.05, 0.1) is 5.00 Å². The second kappa shape index (κ2) is 12.3. The molecule has 6 nitrogen and oxygen atoms in total. The van der Waals surface area contributed by atoms with Crippen LogP contribution in [0.5, 0.6) is 0 Å². The quantitative estimate of drug-likeness (QED) is 0.242. The van der Waals surface area contributed by atoms with E-state index in [1.807, 2.05) is 23.7 Å². The van der Waals surface area contributed by atoms with Crippen LogP contribution in [0.1, 0.15) is 38.4 Å². The Labute approximate surface area is 189 Å². The zero-order valence-electron chi connectivity index (χ0n) is 16.9. The number of imidazole rings is 1. The summed E-state index contributed by atoms with van der Waals surface area (Å²) in [5.74, 6) is 2.05. The number of aromatic nitrogens is 2. The van der Waals surface area contributed by atoms with E-state index in [-0.39, 0.29) is 24.0 Å². The van der Waals surface area contributed by atoms with Gasteiger partial charge in [0.2, 0.25) is 0 Å². The fourth-order valence-electron chi connectivity index (χ4n) is 3.43. The van der Waals surface area contributed by atoms with Crippen LogP contribution in [0.25, 0.3) is 0 Å². The molecule has 2 aromatic heterocycles. The molecule has 1 aliphatic heterocycles. The summed E-state index contributed by atoms with van der Waals surface area (Å²) in [5.41, 5.74) is 0. The molecule has 156 valence electrons.